The average molecular weight is 286 g/mol. The summed E-state index contributed by atoms with van der Waals surface area (Å²) in [5.74, 6) is 0.423. The molecular formula is C13H22N2O3S. The van der Waals surface area contributed by atoms with Crippen molar-refractivity contribution < 1.29 is 13.2 Å². The fourth-order valence-electron chi connectivity index (χ4n) is 3.93. The molecule has 3 fully saturated rings. The smallest absolute Gasteiger partial charge is 0.241 e. The number of amides is 1. The number of likely N-dealkylation sites (N-methyl/N-ethyl adjacent to an activating group) is 1. The van der Waals surface area contributed by atoms with Crippen LogP contribution in [0.1, 0.15) is 39.0 Å². The molecule has 6 heteroatoms. The topological polar surface area (TPSA) is 57.7 Å². The van der Waals surface area contributed by atoms with Crippen LogP contribution in [0.15, 0.2) is 0 Å². The van der Waals surface area contributed by atoms with Crippen molar-refractivity contribution >= 4 is 15.9 Å². The quantitative estimate of drug-likeness (QED) is 0.778. The van der Waals surface area contributed by atoms with Crippen molar-refractivity contribution in [2.45, 2.75) is 45.1 Å². The summed E-state index contributed by atoms with van der Waals surface area (Å²) in [5, 5.41) is 0. The van der Waals surface area contributed by atoms with Gasteiger partial charge in [0.25, 0.3) is 0 Å². The third kappa shape index (κ3) is 2.09. The van der Waals surface area contributed by atoms with Crippen LogP contribution in [0.3, 0.4) is 0 Å². The lowest BCUT2D eigenvalue weighted by Crippen LogP contribution is -2.47. The molecule has 2 aliphatic carbocycles. The number of rotatable bonds is 3. The molecule has 1 saturated heterocycles. The largest absolute Gasteiger partial charge is 0.330 e. The highest BCUT2D eigenvalue weighted by atomic mass is 32.2. The molecule has 1 atom stereocenters. The molecule has 0 bridgehead atoms. The summed E-state index contributed by atoms with van der Waals surface area (Å²) >= 11 is 0. The first-order valence-corrected chi connectivity index (χ1v) is 8.68. The lowest BCUT2D eigenvalue weighted by molar-refractivity contribution is -0.127. The molecule has 19 heavy (non-hydrogen) atoms. The van der Waals surface area contributed by atoms with Gasteiger partial charge in [0.1, 0.15) is 6.04 Å². The van der Waals surface area contributed by atoms with E-state index in [1.807, 2.05) is 0 Å². The fraction of sp³-hybridized carbons (Fsp3) is 0.923. The predicted molar refractivity (Wildman–Crippen MR) is 71.7 cm³/mol. The average Bonchev–Trinajstić information content (AvgIpc) is 2.49. The van der Waals surface area contributed by atoms with E-state index in [4.69, 9.17) is 0 Å². The first kappa shape index (κ1) is 13.4. The number of hydrogen-bond donors (Lipinski definition) is 0. The van der Waals surface area contributed by atoms with Crippen LogP contribution in [-0.4, -0.2) is 49.0 Å². The minimum absolute atomic E-state index is 0.104. The van der Waals surface area contributed by atoms with Gasteiger partial charge in [0.05, 0.1) is 12.4 Å². The van der Waals surface area contributed by atoms with Crippen LogP contribution in [0.5, 0.6) is 0 Å². The summed E-state index contributed by atoms with van der Waals surface area (Å²) in [6, 6.07) is -0.535. The Bertz CT molecular complexity index is 490. The first-order chi connectivity index (χ1) is 8.83. The standard InChI is InChI=1S/C13H22N2O3S/c1-10-12(16)14(2)9-15(10)19(17,18)8-11-6-13(7-11)4-3-5-13/h10-11H,3-9H2,1-2H3. The van der Waals surface area contributed by atoms with E-state index in [9.17, 15) is 13.2 Å². The Labute approximate surface area is 115 Å². The Balaban J connectivity index is 1.62. The second kappa shape index (κ2) is 4.19. The van der Waals surface area contributed by atoms with Gasteiger partial charge in [0.2, 0.25) is 15.9 Å². The van der Waals surface area contributed by atoms with E-state index in [-0.39, 0.29) is 18.3 Å². The van der Waals surface area contributed by atoms with Gasteiger partial charge in [0.15, 0.2) is 0 Å². The van der Waals surface area contributed by atoms with Gasteiger partial charge in [-0.1, -0.05) is 6.42 Å². The van der Waals surface area contributed by atoms with Crippen LogP contribution < -0.4 is 0 Å². The Morgan fingerprint density at radius 3 is 2.37 bits per heavy atom. The predicted octanol–water partition coefficient (Wildman–Crippen LogP) is 1.02. The van der Waals surface area contributed by atoms with Crippen LogP contribution in [0.25, 0.3) is 0 Å². The number of sulfonamides is 1. The molecule has 0 radical (unpaired) electrons. The third-order valence-electron chi connectivity index (χ3n) is 5.18. The van der Waals surface area contributed by atoms with E-state index in [0.717, 1.165) is 12.8 Å². The zero-order valence-corrected chi connectivity index (χ0v) is 12.4. The molecule has 1 aliphatic heterocycles. The minimum atomic E-state index is -3.30. The lowest BCUT2D eigenvalue weighted by atomic mass is 9.52. The molecule has 2 saturated carbocycles. The van der Waals surface area contributed by atoms with Gasteiger partial charge in [-0.2, -0.15) is 4.31 Å². The molecule has 108 valence electrons. The van der Waals surface area contributed by atoms with Crippen LogP contribution in [-0.2, 0) is 14.8 Å². The summed E-state index contributed by atoms with van der Waals surface area (Å²) in [5.41, 5.74) is 0.503. The lowest BCUT2D eigenvalue weighted by Gasteiger charge is -2.54. The van der Waals surface area contributed by atoms with Crippen LogP contribution in [0.2, 0.25) is 0 Å². The normalized spacial score (nSPS) is 31.6. The van der Waals surface area contributed by atoms with Crippen molar-refractivity contribution in [1.82, 2.24) is 9.21 Å². The van der Waals surface area contributed by atoms with Gasteiger partial charge in [-0.15, -0.1) is 0 Å². The molecule has 1 amide bonds. The maximum absolute atomic E-state index is 12.4. The zero-order chi connectivity index (χ0) is 13.8. The second-order valence-electron chi connectivity index (χ2n) is 6.65. The van der Waals surface area contributed by atoms with Crippen molar-refractivity contribution in [3.8, 4) is 0 Å². The van der Waals surface area contributed by atoms with E-state index < -0.39 is 16.1 Å². The van der Waals surface area contributed by atoms with E-state index in [1.54, 1.807) is 14.0 Å². The highest BCUT2D eigenvalue weighted by Crippen LogP contribution is 2.58. The number of nitrogens with zero attached hydrogens (tertiary/aromatic N) is 2. The van der Waals surface area contributed by atoms with Crippen LogP contribution >= 0.6 is 0 Å². The van der Waals surface area contributed by atoms with Gasteiger partial charge in [0, 0.05) is 7.05 Å². The van der Waals surface area contributed by atoms with Crippen LogP contribution in [0, 0.1) is 11.3 Å². The maximum Gasteiger partial charge on any atom is 0.241 e. The minimum Gasteiger partial charge on any atom is -0.330 e. The Morgan fingerprint density at radius 2 is 1.95 bits per heavy atom. The molecule has 0 N–H and O–H groups in total. The molecule has 0 aromatic rings. The molecule has 1 unspecified atom stereocenters. The number of carbonyl (C=O) groups is 1. The van der Waals surface area contributed by atoms with Crippen molar-refractivity contribution in [2.75, 3.05) is 19.5 Å². The summed E-state index contributed by atoms with van der Waals surface area (Å²) in [7, 11) is -1.64. The Hall–Kier alpha value is -0.620. The second-order valence-corrected chi connectivity index (χ2v) is 8.61. The van der Waals surface area contributed by atoms with Gasteiger partial charge < -0.3 is 4.90 Å². The monoisotopic (exact) mass is 286 g/mol. The fourth-order valence-corrected chi connectivity index (χ4v) is 5.88. The zero-order valence-electron chi connectivity index (χ0n) is 11.6. The number of hydrogen-bond acceptors (Lipinski definition) is 3. The third-order valence-corrected chi connectivity index (χ3v) is 7.22. The van der Waals surface area contributed by atoms with Gasteiger partial charge in [-0.25, -0.2) is 8.42 Å². The molecule has 1 heterocycles. The Morgan fingerprint density at radius 1 is 1.32 bits per heavy atom. The van der Waals surface area contributed by atoms with Crippen molar-refractivity contribution in [2.24, 2.45) is 11.3 Å². The van der Waals surface area contributed by atoms with E-state index in [1.165, 1.54) is 28.5 Å². The molecule has 0 aromatic heterocycles. The van der Waals surface area contributed by atoms with E-state index in [0.29, 0.717) is 11.3 Å². The summed E-state index contributed by atoms with van der Waals surface area (Å²) in [4.78, 5) is 13.2. The Kier molecular flexibility index (Phi) is 2.94. The van der Waals surface area contributed by atoms with Crippen LogP contribution in [0.4, 0.5) is 0 Å². The molecular weight excluding hydrogens is 264 g/mol. The molecule has 5 nitrogen and oxygen atoms in total. The number of carbonyl (C=O) groups excluding carboxylic acids is 1. The van der Waals surface area contributed by atoms with Crippen molar-refractivity contribution in [1.29, 1.82) is 0 Å². The highest BCUT2D eigenvalue weighted by Gasteiger charge is 2.50. The molecule has 1 spiro atoms. The van der Waals surface area contributed by atoms with Crippen molar-refractivity contribution in [3.63, 3.8) is 0 Å². The van der Waals surface area contributed by atoms with E-state index in [2.05, 4.69) is 0 Å². The first-order valence-electron chi connectivity index (χ1n) is 7.08. The summed E-state index contributed by atoms with van der Waals surface area (Å²) < 4.78 is 26.2. The maximum atomic E-state index is 12.4. The molecule has 3 rings (SSSR count). The van der Waals surface area contributed by atoms with Crippen molar-refractivity contribution in [3.05, 3.63) is 0 Å². The molecule has 0 aromatic carbocycles. The highest BCUT2D eigenvalue weighted by molar-refractivity contribution is 7.89. The summed E-state index contributed by atoms with van der Waals surface area (Å²) in [6.07, 6.45) is 6.01. The van der Waals surface area contributed by atoms with Gasteiger partial charge in [-0.3, -0.25) is 4.79 Å². The summed E-state index contributed by atoms with van der Waals surface area (Å²) in [6.45, 7) is 1.89. The van der Waals surface area contributed by atoms with E-state index >= 15 is 0 Å². The molecule has 3 aliphatic rings. The SMILES string of the molecule is CC1C(=O)N(C)CN1S(=O)(=O)CC1CC2(CCC2)C1. The van der Waals surface area contributed by atoms with Gasteiger partial charge >= 0.3 is 0 Å². The van der Waals surface area contributed by atoms with Gasteiger partial charge in [-0.05, 0) is 43.9 Å².